The molecule has 0 bridgehead atoms. The molecule has 2 aromatic rings. The molecule has 1 N–H and O–H groups in total. The molecule has 0 aliphatic carbocycles. The molecule has 0 saturated heterocycles. The molecule has 0 radical (unpaired) electrons. The van der Waals surface area contributed by atoms with Crippen LogP contribution in [0.3, 0.4) is 0 Å². The highest BCUT2D eigenvalue weighted by atomic mass is 16.3. The highest BCUT2D eigenvalue weighted by Gasteiger charge is 2.12. The van der Waals surface area contributed by atoms with Crippen molar-refractivity contribution in [3.8, 4) is 0 Å². The van der Waals surface area contributed by atoms with Crippen LogP contribution < -0.4 is 0 Å². The molecule has 0 fully saturated rings. The van der Waals surface area contributed by atoms with Crippen LogP contribution in [0.5, 0.6) is 0 Å². The number of benzene rings is 2. The third-order valence-corrected chi connectivity index (χ3v) is 3.40. The van der Waals surface area contributed by atoms with Crippen molar-refractivity contribution in [2.24, 2.45) is 0 Å². The van der Waals surface area contributed by atoms with Crippen LogP contribution in [0.15, 0.2) is 36.4 Å². The Morgan fingerprint density at radius 3 is 2.29 bits per heavy atom. The first-order valence-electron chi connectivity index (χ1n) is 6.26. The van der Waals surface area contributed by atoms with Crippen molar-refractivity contribution >= 4 is 10.8 Å². The number of aliphatic hydroxyl groups is 1. The fourth-order valence-corrected chi connectivity index (χ4v) is 2.54. The van der Waals surface area contributed by atoms with Gasteiger partial charge in [-0.15, -0.1) is 0 Å². The quantitative estimate of drug-likeness (QED) is 0.841. The molecule has 90 valence electrons. The van der Waals surface area contributed by atoms with Gasteiger partial charge in [0.2, 0.25) is 0 Å². The predicted molar refractivity (Wildman–Crippen MR) is 73.4 cm³/mol. The fourth-order valence-electron chi connectivity index (χ4n) is 2.54. The number of rotatable bonds is 3. The van der Waals surface area contributed by atoms with Crippen LogP contribution >= 0.6 is 0 Å². The third-order valence-electron chi connectivity index (χ3n) is 3.40. The minimum atomic E-state index is -0.245. The minimum absolute atomic E-state index is 0.245. The average Bonchev–Trinajstić information content (AvgIpc) is 2.29. The van der Waals surface area contributed by atoms with Gasteiger partial charge in [-0.3, -0.25) is 0 Å². The van der Waals surface area contributed by atoms with E-state index in [4.69, 9.17) is 0 Å². The number of aryl methyl sites for hydroxylation is 1. The maximum Gasteiger partial charge on any atom is 0.0517 e. The summed E-state index contributed by atoms with van der Waals surface area (Å²) in [5, 5.41) is 12.2. The second-order valence-electron chi connectivity index (χ2n) is 5.00. The second-order valence-corrected chi connectivity index (χ2v) is 5.00. The SMILES string of the molecule is Cc1ccc([C@@H](C)C[C@@H](C)O)c2ccccc12. The Kier molecular flexibility index (Phi) is 3.49. The minimum Gasteiger partial charge on any atom is -0.393 e. The molecule has 0 aromatic heterocycles. The van der Waals surface area contributed by atoms with Crippen molar-refractivity contribution in [2.75, 3.05) is 0 Å². The van der Waals surface area contributed by atoms with Crippen LogP contribution in [0.1, 0.15) is 37.3 Å². The van der Waals surface area contributed by atoms with Gasteiger partial charge in [0.25, 0.3) is 0 Å². The number of fused-ring (bicyclic) bond motifs is 1. The Hall–Kier alpha value is -1.34. The van der Waals surface area contributed by atoms with Crippen LogP contribution in [-0.4, -0.2) is 11.2 Å². The standard InChI is InChI=1S/C16H20O/c1-11-8-9-15(12(2)10-13(3)17)16-7-5-4-6-14(11)16/h4-9,12-13,17H,10H2,1-3H3/t12-,13+/m0/s1. The van der Waals surface area contributed by atoms with Crippen molar-refractivity contribution in [3.63, 3.8) is 0 Å². The molecule has 0 aliphatic rings. The second kappa shape index (κ2) is 4.89. The summed E-state index contributed by atoms with van der Waals surface area (Å²) < 4.78 is 0. The normalized spacial score (nSPS) is 14.8. The molecule has 17 heavy (non-hydrogen) atoms. The van der Waals surface area contributed by atoms with E-state index in [1.807, 2.05) is 6.92 Å². The van der Waals surface area contributed by atoms with Gasteiger partial charge in [-0.25, -0.2) is 0 Å². The van der Waals surface area contributed by atoms with Crippen LogP contribution in [0, 0.1) is 6.92 Å². The number of aliphatic hydroxyl groups excluding tert-OH is 1. The summed E-state index contributed by atoms with van der Waals surface area (Å²) in [5.74, 6) is 0.389. The lowest BCUT2D eigenvalue weighted by Gasteiger charge is -2.17. The van der Waals surface area contributed by atoms with Gasteiger partial charge in [-0.2, -0.15) is 0 Å². The van der Waals surface area contributed by atoms with E-state index in [9.17, 15) is 5.11 Å². The Bertz CT molecular complexity index is 514. The summed E-state index contributed by atoms with van der Waals surface area (Å²) in [6.45, 7) is 6.18. The van der Waals surface area contributed by atoms with Crippen molar-refractivity contribution in [1.82, 2.24) is 0 Å². The van der Waals surface area contributed by atoms with E-state index >= 15 is 0 Å². The first-order valence-corrected chi connectivity index (χ1v) is 6.26. The zero-order chi connectivity index (χ0) is 12.4. The Morgan fingerprint density at radius 1 is 1.00 bits per heavy atom. The Balaban J connectivity index is 2.51. The molecule has 2 aromatic carbocycles. The molecule has 2 rings (SSSR count). The van der Waals surface area contributed by atoms with E-state index in [0.29, 0.717) is 5.92 Å². The van der Waals surface area contributed by atoms with Gasteiger partial charge in [-0.05, 0) is 48.1 Å². The first kappa shape index (κ1) is 12.1. The van der Waals surface area contributed by atoms with Crippen LogP contribution in [-0.2, 0) is 0 Å². The number of hydrogen-bond donors (Lipinski definition) is 1. The van der Waals surface area contributed by atoms with E-state index in [2.05, 4.69) is 50.2 Å². The summed E-state index contributed by atoms with van der Waals surface area (Å²) in [5.41, 5.74) is 2.65. The maximum absolute atomic E-state index is 9.51. The molecule has 0 saturated carbocycles. The summed E-state index contributed by atoms with van der Waals surface area (Å²) in [6, 6.07) is 12.9. The molecule has 2 atom stereocenters. The highest BCUT2D eigenvalue weighted by Crippen LogP contribution is 2.30. The smallest absolute Gasteiger partial charge is 0.0517 e. The van der Waals surface area contributed by atoms with Gasteiger partial charge in [0.1, 0.15) is 0 Å². The van der Waals surface area contributed by atoms with Crippen molar-refractivity contribution < 1.29 is 5.11 Å². The maximum atomic E-state index is 9.51. The van der Waals surface area contributed by atoms with E-state index in [1.54, 1.807) is 0 Å². The van der Waals surface area contributed by atoms with E-state index in [1.165, 1.54) is 21.9 Å². The van der Waals surface area contributed by atoms with Gasteiger partial charge in [0.15, 0.2) is 0 Å². The predicted octanol–water partition coefficient (Wildman–Crippen LogP) is 4.02. The zero-order valence-corrected chi connectivity index (χ0v) is 10.8. The molecule has 0 heterocycles. The molecule has 0 unspecified atom stereocenters. The molecular formula is C16H20O. The third kappa shape index (κ3) is 2.50. The summed E-state index contributed by atoms with van der Waals surface area (Å²) in [7, 11) is 0. The molecule has 0 amide bonds. The Morgan fingerprint density at radius 2 is 1.65 bits per heavy atom. The Labute approximate surface area is 103 Å². The van der Waals surface area contributed by atoms with E-state index in [0.717, 1.165) is 6.42 Å². The van der Waals surface area contributed by atoms with E-state index < -0.39 is 0 Å². The first-order chi connectivity index (χ1) is 8.09. The van der Waals surface area contributed by atoms with Gasteiger partial charge in [0, 0.05) is 0 Å². The van der Waals surface area contributed by atoms with Gasteiger partial charge >= 0.3 is 0 Å². The van der Waals surface area contributed by atoms with Gasteiger partial charge in [-0.1, -0.05) is 43.3 Å². The zero-order valence-electron chi connectivity index (χ0n) is 10.8. The molecular weight excluding hydrogens is 208 g/mol. The van der Waals surface area contributed by atoms with Crippen LogP contribution in [0.4, 0.5) is 0 Å². The molecule has 0 aliphatic heterocycles. The summed E-state index contributed by atoms with van der Waals surface area (Å²) >= 11 is 0. The summed E-state index contributed by atoms with van der Waals surface area (Å²) in [6.07, 6.45) is 0.567. The van der Waals surface area contributed by atoms with Gasteiger partial charge < -0.3 is 5.11 Å². The van der Waals surface area contributed by atoms with Crippen LogP contribution in [0.25, 0.3) is 10.8 Å². The number of hydrogen-bond acceptors (Lipinski definition) is 1. The largest absolute Gasteiger partial charge is 0.393 e. The monoisotopic (exact) mass is 228 g/mol. The average molecular weight is 228 g/mol. The van der Waals surface area contributed by atoms with Gasteiger partial charge in [0.05, 0.1) is 6.10 Å². The lowest BCUT2D eigenvalue weighted by Crippen LogP contribution is -2.06. The van der Waals surface area contributed by atoms with Crippen molar-refractivity contribution in [2.45, 2.75) is 39.2 Å². The summed E-state index contributed by atoms with van der Waals surface area (Å²) in [4.78, 5) is 0. The molecule has 0 spiro atoms. The topological polar surface area (TPSA) is 20.2 Å². The van der Waals surface area contributed by atoms with Crippen molar-refractivity contribution in [1.29, 1.82) is 0 Å². The highest BCUT2D eigenvalue weighted by molar-refractivity contribution is 5.88. The lowest BCUT2D eigenvalue weighted by molar-refractivity contribution is 0.177. The molecule has 1 nitrogen and oxygen atoms in total. The van der Waals surface area contributed by atoms with Crippen molar-refractivity contribution in [3.05, 3.63) is 47.5 Å². The molecule has 1 heteroatoms. The lowest BCUT2D eigenvalue weighted by atomic mass is 9.89. The fraction of sp³-hybridized carbons (Fsp3) is 0.375. The van der Waals surface area contributed by atoms with Crippen LogP contribution in [0.2, 0.25) is 0 Å². The van der Waals surface area contributed by atoms with E-state index in [-0.39, 0.29) is 6.10 Å².